The summed E-state index contributed by atoms with van der Waals surface area (Å²) < 4.78 is 64.3. The third kappa shape index (κ3) is 3.01. The summed E-state index contributed by atoms with van der Waals surface area (Å²) in [6.07, 6.45) is -5.10. The second kappa shape index (κ2) is 5.28. The number of nitrogens with zero attached hydrogens (tertiary/aromatic N) is 3. The van der Waals surface area contributed by atoms with Crippen molar-refractivity contribution < 1.29 is 21.6 Å². The van der Waals surface area contributed by atoms with E-state index in [0.717, 1.165) is 15.6 Å². The Morgan fingerprint density at radius 3 is 2.38 bits per heavy atom. The third-order valence-electron chi connectivity index (χ3n) is 3.15. The fraction of sp³-hybridized carbons (Fsp3) is 0.600. The van der Waals surface area contributed by atoms with Gasteiger partial charge in [-0.3, -0.25) is 0 Å². The van der Waals surface area contributed by atoms with Gasteiger partial charge in [0.05, 0.1) is 0 Å². The Labute approximate surface area is 132 Å². The van der Waals surface area contributed by atoms with Crippen molar-refractivity contribution in [2.75, 3.05) is 13.6 Å². The maximum absolute atomic E-state index is 12.7. The molecule has 11 heteroatoms. The highest BCUT2D eigenvalue weighted by molar-refractivity contribution is 9.10. The fourth-order valence-corrected chi connectivity index (χ4v) is 5.16. The average Bonchev–Trinajstić information content (AvgIpc) is 3.09. The molecular formula is C10H11BrF3N3O2S2. The molecule has 0 fully saturated rings. The van der Waals surface area contributed by atoms with Crippen LogP contribution in [-0.4, -0.2) is 38.2 Å². The lowest BCUT2D eigenvalue weighted by Gasteiger charge is -2.20. The zero-order valence-corrected chi connectivity index (χ0v) is 14.2. The van der Waals surface area contributed by atoms with Gasteiger partial charge in [-0.25, -0.2) is 12.7 Å². The van der Waals surface area contributed by atoms with E-state index < -0.39 is 28.3 Å². The number of rotatable bonds is 5. The van der Waals surface area contributed by atoms with Gasteiger partial charge < -0.3 is 0 Å². The minimum Gasteiger partial charge on any atom is -0.206 e. The summed E-state index contributed by atoms with van der Waals surface area (Å²) in [5.74, 6) is 0. The molecule has 1 aliphatic heterocycles. The van der Waals surface area contributed by atoms with Crippen LogP contribution in [0.15, 0.2) is 24.3 Å². The van der Waals surface area contributed by atoms with E-state index in [1.807, 2.05) is 0 Å². The molecule has 0 radical (unpaired) electrons. The summed E-state index contributed by atoms with van der Waals surface area (Å²) in [7, 11) is -2.57. The predicted molar refractivity (Wildman–Crippen MR) is 74.8 cm³/mol. The Kier molecular flexibility index (Phi) is 4.24. The molecule has 0 aliphatic carbocycles. The molecule has 0 bridgehead atoms. The molecule has 0 saturated heterocycles. The average molecular weight is 406 g/mol. The SMILES string of the molecule is Cc1c(Br)csc1S(=O)(=O)N(C)CCC1(C(F)(F)F)N=N1. The van der Waals surface area contributed by atoms with Crippen LogP contribution < -0.4 is 0 Å². The van der Waals surface area contributed by atoms with Gasteiger partial charge in [-0.05, 0) is 28.4 Å². The fourth-order valence-electron chi connectivity index (χ4n) is 1.62. The molecule has 0 spiro atoms. The smallest absolute Gasteiger partial charge is 0.206 e. The molecule has 118 valence electrons. The van der Waals surface area contributed by atoms with Gasteiger partial charge >= 0.3 is 6.18 Å². The molecule has 5 nitrogen and oxygen atoms in total. The summed E-state index contributed by atoms with van der Waals surface area (Å²) in [5, 5.41) is 7.68. The molecule has 0 amide bonds. The Bertz CT molecular complexity index is 678. The number of thiophene rings is 1. The monoisotopic (exact) mass is 405 g/mol. The molecule has 0 unspecified atom stereocenters. The molecule has 21 heavy (non-hydrogen) atoms. The van der Waals surface area contributed by atoms with Gasteiger partial charge in [0.15, 0.2) is 0 Å². The second-order valence-electron chi connectivity index (χ2n) is 4.59. The van der Waals surface area contributed by atoms with E-state index in [-0.39, 0.29) is 10.8 Å². The molecule has 0 atom stereocenters. The summed E-state index contributed by atoms with van der Waals surface area (Å²) in [6.45, 7) is 1.31. The van der Waals surface area contributed by atoms with Crippen LogP contribution in [0, 0.1) is 6.92 Å². The van der Waals surface area contributed by atoms with Crippen LogP contribution >= 0.6 is 27.3 Å². The summed E-state index contributed by atoms with van der Waals surface area (Å²) in [6, 6.07) is 0. The zero-order valence-electron chi connectivity index (χ0n) is 11.0. The van der Waals surface area contributed by atoms with E-state index in [9.17, 15) is 21.6 Å². The van der Waals surface area contributed by atoms with E-state index in [2.05, 4.69) is 26.2 Å². The van der Waals surface area contributed by atoms with E-state index in [1.54, 1.807) is 12.3 Å². The molecule has 2 rings (SSSR count). The van der Waals surface area contributed by atoms with Crippen LogP contribution in [0.5, 0.6) is 0 Å². The van der Waals surface area contributed by atoms with Crippen LogP contribution in [0.4, 0.5) is 13.2 Å². The Morgan fingerprint density at radius 2 is 2.00 bits per heavy atom. The molecule has 1 aromatic rings. The molecule has 1 aromatic heterocycles. The minimum atomic E-state index is -4.58. The third-order valence-corrected chi connectivity index (χ3v) is 7.85. The van der Waals surface area contributed by atoms with Crippen LogP contribution in [0.25, 0.3) is 0 Å². The van der Waals surface area contributed by atoms with E-state index in [0.29, 0.717) is 10.0 Å². The van der Waals surface area contributed by atoms with Gasteiger partial charge in [-0.2, -0.15) is 13.2 Å². The standard InChI is InChI=1S/C10H11BrF3N3O2S2/c1-6-7(11)5-20-8(6)21(18,19)17(2)4-3-9(15-16-9)10(12,13)14/h5H,3-4H2,1-2H3. The van der Waals surface area contributed by atoms with Gasteiger partial charge in [-0.15, -0.1) is 21.6 Å². The summed E-state index contributed by atoms with van der Waals surface area (Å²) in [4.78, 5) is 0. The van der Waals surface area contributed by atoms with Gasteiger partial charge in [-0.1, -0.05) is 0 Å². The number of alkyl halides is 3. The highest BCUT2D eigenvalue weighted by Crippen LogP contribution is 2.47. The summed E-state index contributed by atoms with van der Waals surface area (Å²) in [5.41, 5.74) is -1.89. The Morgan fingerprint density at radius 1 is 1.43 bits per heavy atom. The van der Waals surface area contributed by atoms with Crippen LogP contribution in [0.1, 0.15) is 12.0 Å². The van der Waals surface area contributed by atoms with Crippen LogP contribution in [0.2, 0.25) is 0 Å². The van der Waals surface area contributed by atoms with E-state index >= 15 is 0 Å². The first-order valence-corrected chi connectivity index (χ1v) is 8.83. The highest BCUT2D eigenvalue weighted by atomic mass is 79.9. The van der Waals surface area contributed by atoms with Crippen molar-refractivity contribution in [3.05, 3.63) is 15.4 Å². The minimum absolute atomic E-state index is 0.114. The molecule has 2 heterocycles. The molecule has 0 N–H and O–H groups in total. The van der Waals surface area contributed by atoms with Gasteiger partial charge in [0.2, 0.25) is 0 Å². The normalized spacial score (nSPS) is 17.5. The van der Waals surface area contributed by atoms with Crippen molar-refractivity contribution in [1.29, 1.82) is 0 Å². The quantitative estimate of drug-likeness (QED) is 0.751. The van der Waals surface area contributed by atoms with Crippen LogP contribution in [0.3, 0.4) is 0 Å². The van der Waals surface area contributed by atoms with Gasteiger partial charge in [0.25, 0.3) is 15.7 Å². The second-order valence-corrected chi connectivity index (χ2v) is 8.56. The van der Waals surface area contributed by atoms with Crippen molar-refractivity contribution in [1.82, 2.24) is 4.31 Å². The molecule has 0 aromatic carbocycles. The molecular weight excluding hydrogens is 395 g/mol. The number of hydrogen-bond donors (Lipinski definition) is 0. The van der Waals surface area contributed by atoms with Crippen molar-refractivity contribution in [2.24, 2.45) is 10.2 Å². The zero-order chi connectivity index (χ0) is 16.1. The highest BCUT2D eigenvalue weighted by Gasteiger charge is 2.63. The largest absolute Gasteiger partial charge is 0.437 e. The topological polar surface area (TPSA) is 62.1 Å². The van der Waals surface area contributed by atoms with E-state index in [1.165, 1.54) is 7.05 Å². The van der Waals surface area contributed by atoms with Gasteiger partial charge in [0, 0.05) is 29.9 Å². The van der Waals surface area contributed by atoms with Crippen molar-refractivity contribution in [2.45, 2.75) is 29.4 Å². The molecule has 0 saturated carbocycles. The lowest BCUT2D eigenvalue weighted by Crippen LogP contribution is -2.37. The van der Waals surface area contributed by atoms with E-state index in [4.69, 9.17) is 0 Å². The number of halogens is 4. The molecule has 1 aliphatic rings. The number of hydrogen-bond acceptors (Lipinski definition) is 5. The van der Waals surface area contributed by atoms with Gasteiger partial charge in [0.1, 0.15) is 4.21 Å². The van der Waals surface area contributed by atoms with Crippen molar-refractivity contribution >= 4 is 37.3 Å². The maximum atomic E-state index is 12.7. The lowest BCUT2D eigenvalue weighted by atomic mass is 10.1. The maximum Gasteiger partial charge on any atom is 0.437 e. The predicted octanol–water partition coefficient (Wildman–Crippen LogP) is 3.55. The Balaban J connectivity index is 2.10. The lowest BCUT2D eigenvalue weighted by molar-refractivity contribution is -0.165. The first-order chi connectivity index (χ1) is 9.51. The first kappa shape index (κ1) is 16.8. The van der Waals surface area contributed by atoms with Crippen LogP contribution in [-0.2, 0) is 10.0 Å². The van der Waals surface area contributed by atoms with Crippen molar-refractivity contribution in [3.63, 3.8) is 0 Å². The van der Waals surface area contributed by atoms with Crippen molar-refractivity contribution in [3.8, 4) is 0 Å². The summed E-state index contributed by atoms with van der Waals surface area (Å²) >= 11 is 4.23. The number of sulfonamides is 1. The Hall–Kier alpha value is -0.520. The first-order valence-electron chi connectivity index (χ1n) is 5.72.